The van der Waals surface area contributed by atoms with Gasteiger partial charge in [-0.2, -0.15) is 0 Å². The topological polar surface area (TPSA) is 44.4 Å². The Labute approximate surface area is 83.7 Å². The van der Waals surface area contributed by atoms with E-state index in [9.17, 15) is 4.79 Å². The lowest BCUT2D eigenvalue weighted by atomic mass is 10.1. The maximum atomic E-state index is 11.0. The van der Waals surface area contributed by atoms with E-state index in [1.165, 1.54) is 0 Å². The molecule has 0 radical (unpaired) electrons. The third-order valence-corrected chi connectivity index (χ3v) is 2.53. The first-order chi connectivity index (χ1) is 6.17. The second-order valence-electron chi connectivity index (χ2n) is 3.08. The number of hydrogen-bond donors (Lipinski definition) is 2. The number of nitrogens with zero attached hydrogens (tertiary/aromatic N) is 1. The molecule has 1 heterocycles. The van der Waals surface area contributed by atoms with E-state index >= 15 is 0 Å². The zero-order valence-electron chi connectivity index (χ0n) is 7.96. The molecule has 1 aliphatic rings. The summed E-state index contributed by atoms with van der Waals surface area (Å²) in [6, 6.07) is 0.277. The van der Waals surface area contributed by atoms with Crippen LogP contribution in [0.1, 0.15) is 13.3 Å². The largest absolute Gasteiger partial charge is 0.366 e. The first kappa shape index (κ1) is 10.2. The van der Waals surface area contributed by atoms with Crippen LogP contribution in [0.2, 0.25) is 0 Å². The Morgan fingerprint density at radius 2 is 2.23 bits per heavy atom. The van der Waals surface area contributed by atoms with E-state index in [0.717, 1.165) is 18.2 Å². The van der Waals surface area contributed by atoms with Gasteiger partial charge in [-0.25, -0.2) is 0 Å². The molecular formula is C8H15N3OS. The molecule has 0 aromatic heterocycles. The van der Waals surface area contributed by atoms with Crippen LogP contribution in [0.15, 0.2) is 0 Å². The Kier molecular flexibility index (Phi) is 3.48. The van der Waals surface area contributed by atoms with Gasteiger partial charge in [0.05, 0.1) is 6.04 Å². The fourth-order valence-electron chi connectivity index (χ4n) is 1.22. The molecule has 0 aromatic rings. The lowest BCUT2D eigenvalue weighted by molar-refractivity contribution is -0.122. The SMILES string of the molecule is CCC(=O)NC1CN(C(=S)NC)C1. The average Bonchev–Trinajstić information content (AvgIpc) is 2.08. The van der Waals surface area contributed by atoms with Crippen molar-refractivity contribution in [3.05, 3.63) is 0 Å². The molecule has 0 spiro atoms. The van der Waals surface area contributed by atoms with Crippen LogP contribution in [0, 0.1) is 0 Å². The zero-order valence-corrected chi connectivity index (χ0v) is 8.78. The monoisotopic (exact) mass is 201 g/mol. The van der Waals surface area contributed by atoms with Gasteiger partial charge < -0.3 is 15.5 Å². The third kappa shape index (κ3) is 2.55. The molecule has 0 atom stereocenters. The lowest BCUT2D eigenvalue weighted by Crippen LogP contribution is -2.62. The van der Waals surface area contributed by atoms with Gasteiger partial charge in [0.1, 0.15) is 0 Å². The van der Waals surface area contributed by atoms with Crippen molar-refractivity contribution in [1.29, 1.82) is 0 Å². The molecule has 1 aliphatic heterocycles. The van der Waals surface area contributed by atoms with Crippen LogP contribution in [0.5, 0.6) is 0 Å². The van der Waals surface area contributed by atoms with Crippen molar-refractivity contribution in [3.63, 3.8) is 0 Å². The van der Waals surface area contributed by atoms with Crippen molar-refractivity contribution < 1.29 is 4.79 Å². The molecule has 1 rings (SSSR count). The van der Waals surface area contributed by atoms with Crippen LogP contribution in [0.3, 0.4) is 0 Å². The van der Waals surface area contributed by atoms with Gasteiger partial charge in [0, 0.05) is 26.6 Å². The lowest BCUT2D eigenvalue weighted by Gasteiger charge is -2.40. The van der Waals surface area contributed by atoms with Gasteiger partial charge in [-0.05, 0) is 12.2 Å². The summed E-state index contributed by atoms with van der Waals surface area (Å²) in [6.07, 6.45) is 0.549. The summed E-state index contributed by atoms with van der Waals surface area (Å²) in [4.78, 5) is 13.0. The minimum atomic E-state index is 0.111. The molecule has 1 amide bonds. The summed E-state index contributed by atoms with van der Waals surface area (Å²) >= 11 is 5.03. The van der Waals surface area contributed by atoms with Crippen molar-refractivity contribution in [2.24, 2.45) is 0 Å². The quantitative estimate of drug-likeness (QED) is 0.602. The van der Waals surface area contributed by atoms with E-state index in [-0.39, 0.29) is 11.9 Å². The van der Waals surface area contributed by atoms with Crippen molar-refractivity contribution in [1.82, 2.24) is 15.5 Å². The molecule has 0 aliphatic carbocycles. The van der Waals surface area contributed by atoms with E-state index < -0.39 is 0 Å². The first-order valence-electron chi connectivity index (χ1n) is 4.43. The fourth-order valence-corrected chi connectivity index (χ4v) is 1.37. The van der Waals surface area contributed by atoms with Crippen molar-refractivity contribution in [3.8, 4) is 0 Å². The van der Waals surface area contributed by atoms with Gasteiger partial charge in [0.25, 0.3) is 0 Å². The highest BCUT2D eigenvalue weighted by atomic mass is 32.1. The second-order valence-corrected chi connectivity index (χ2v) is 3.46. The minimum absolute atomic E-state index is 0.111. The van der Waals surface area contributed by atoms with Crippen LogP contribution in [0.4, 0.5) is 0 Å². The smallest absolute Gasteiger partial charge is 0.220 e. The first-order valence-corrected chi connectivity index (χ1v) is 4.84. The molecule has 2 N–H and O–H groups in total. The number of hydrogen-bond acceptors (Lipinski definition) is 2. The summed E-state index contributed by atoms with van der Waals surface area (Å²) in [5.41, 5.74) is 0. The van der Waals surface area contributed by atoms with Crippen molar-refractivity contribution >= 4 is 23.2 Å². The van der Waals surface area contributed by atoms with Gasteiger partial charge in [0.2, 0.25) is 5.91 Å². The number of thiocarbonyl (C=S) groups is 1. The summed E-state index contributed by atoms with van der Waals surface area (Å²) in [5, 5.41) is 6.56. The Hall–Kier alpha value is -0.840. The highest BCUT2D eigenvalue weighted by molar-refractivity contribution is 7.80. The average molecular weight is 201 g/mol. The molecular weight excluding hydrogens is 186 g/mol. The minimum Gasteiger partial charge on any atom is -0.366 e. The van der Waals surface area contributed by atoms with Crippen molar-refractivity contribution in [2.75, 3.05) is 20.1 Å². The summed E-state index contributed by atoms with van der Waals surface area (Å²) in [7, 11) is 1.81. The third-order valence-electron chi connectivity index (χ3n) is 2.07. The van der Waals surface area contributed by atoms with Crippen LogP contribution in [0.25, 0.3) is 0 Å². The standard InChI is InChI=1S/C8H15N3OS/c1-3-7(12)10-6-4-11(5-6)8(13)9-2/h6H,3-5H2,1-2H3,(H,9,13)(H,10,12). The molecule has 0 unspecified atom stereocenters. The highest BCUT2D eigenvalue weighted by Crippen LogP contribution is 2.07. The van der Waals surface area contributed by atoms with Crippen molar-refractivity contribution in [2.45, 2.75) is 19.4 Å². The second kappa shape index (κ2) is 4.41. The van der Waals surface area contributed by atoms with E-state index in [1.54, 1.807) is 7.05 Å². The molecule has 5 heteroatoms. The maximum absolute atomic E-state index is 11.0. The number of carbonyl (C=O) groups is 1. The van der Waals surface area contributed by atoms with E-state index in [0.29, 0.717) is 6.42 Å². The summed E-state index contributed by atoms with van der Waals surface area (Å²) in [5.74, 6) is 0.111. The molecule has 0 saturated carbocycles. The highest BCUT2D eigenvalue weighted by Gasteiger charge is 2.28. The Bertz CT molecular complexity index is 213. The van der Waals surface area contributed by atoms with E-state index in [4.69, 9.17) is 12.2 Å². The normalized spacial score (nSPS) is 16.3. The molecule has 0 aromatic carbocycles. The molecule has 13 heavy (non-hydrogen) atoms. The summed E-state index contributed by atoms with van der Waals surface area (Å²) in [6.45, 7) is 3.50. The van der Waals surface area contributed by atoms with E-state index in [1.807, 2.05) is 11.8 Å². The predicted octanol–water partition coefficient (Wildman–Crippen LogP) is -0.299. The van der Waals surface area contributed by atoms with Gasteiger partial charge in [-0.15, -0.1) is 0 Å². The van der Waals surface area contributed by atoms with Gasteiger partial charge in [-0.1, -0.05) is 6.92 Å². The Balaban J connectivity index is 2.18. The number of likely N-dealkylation sites (tertiary alicyclic amines) is 1. The number of rotatable bonds is 2. The van der Waals surface area contributed by atoms with Gasteiger partial charge in [0.15, 0.2) is 5.11 Å². The molecule has 4 nitrogen and oxygen atoms in total. The Morgan fingerprint density at radius 3 is 2.69 bits per heavy atom. The molecule has 1 fully saturated rings. The maximum Gasteiger partial charge on any atom is 0.220 e. The number of amides is 1. The van der Waals surface area contributed by atoms with Crippen LogP contribution < -0.4 is 10.6 Å². The molecule has 1 saturated heterocycles. The fraction of sp³-hybridized carbons (Fsp3) is 0.750. The molecule has 0 bridgehead atoms. The van der Waals surface area contributed by atoms with Gasteiger partial charge in [-0.3, -0.25) is 4.79 Å². The summed E-state index contributed by atoms with van der Waals surface area (Å²) < 4.78 is 0. The zero-order chi connectivity index (χ0) is 9.84. The predicted molar refractivity (Wildman–Crippen MR) is 55.5 cm³/mol. The molecule has 74 valence electrons. The van der Waals surface area contributed by atoms with E-state index in [2.05, 4.69) is 10.6 Å². The number of carbonyl (C=O) groups excluding carboxylic acids is 1. The van der Waals surface area contributed by atoms with Crippen LogP contribution in [-0.2, 0) is 4.79 Å². The number of nitrogens with one attached hydrogen (secondary N) is 2. The van der Waals surface area contributed by atoms with Gasteiger partial charge >= 0.3 is 0 Å². The Morgan fingerprint density at radius 1 is 1.62 bits per heavy atom. The van der Waals surface area contributed by atoms with Crippen LogP contribution in [-0.4, -0.2) is 42.1 Å². The van der Waals surface area contributed by atoms with Crippen LogP contribution >= 0.6 is 12.2 Å².